The van der Waals surface area contributed by atoms with Crippen LogP contribution in [-0.4, -0.2) is 37.1 Å². The Morgan fingerprint density at radius 1 is 1.29 bits per heavy atom. The highest BCUT2D eigenvalue weighted by atomic mass is 15.2. The molecule has 0 aromatic heterocycles. The Balaban J connectivity index is 2.13. The van der Waals surface area contributed by atoms with Crippen LogP contribution in [0.4, 0.5) is 0 Å². The van der Waals surface area contributed by atoms with Crippen molar-refractivity contribution >= 4 is 0 Å². The molecule has 1 aliphatic rings. The Bertz CT molecular complexity index is 136. The summed E-state index contributed by atoms with van der Waals surface area (Å²) in [6.45, 7) is 9.47. The fourth-order valence-corrected chi connectivity index (χ4v) is 2.28. The van der Waals surface area contributed by atoms with Crippen molar-refractivity contribution in [1.29, 1.82) is 0 Å². The number of unbranched alkanes of at least 4 members (excludes halogenated alkanes) is 1. The van der Waals surface area contributed by atoms with E-state index in [1.54, 1.807) is 0 Å². The number of likely N-dealkylation sites (tertiary alicyclic amines) is 1. The van der Waals surface area contributed by atoms with Gasteiger partial charge in [0.2, 0.25) is 0 Å². The summed E-state index contributed by atoms with van der Waals surface area (Å²) >= 11 is 0. The van der Waals surface area contributed by atoms with E-state index in [2.05, 4.69) is 24.1 Å². The van der Waals surface area contributed by atoms with Crippen LogP contribution < -0.4 is 5.32 Å². The molecule has 0 radical (unpaired) electrons. The van der Waals surface area contributed by atoms with Crippen LogP contribution in [0.2, 0.25) is 0 Å². The summed E-state index contributed by atoms with van der Waals surface area (Å²) in [6, 6.07) is 0.811. The van der Waals surface area contributed by atoms with E-state index in [4.69, 9.17) is 0 Å². The highest BCUT2D eigenvalue weighted by Gasteiger charge is 2.19. The highest BCUT2D eigenvalue weighted by Crippen LogP contribution is 2.15. The van der Waals surface area contributed by atoms with Gasteiger partial charge < -0.3 is 5.32 Å². The molecule has 0 amide bonds. The quantitative estimate of drug-likeness (QED) is 0.659. The highest BCUT2D eigenvalue weighted by molar-refractivity contribution is 4.77. The number of piperidine rings is 1. The first-order valence-electron chi connectivity index (χ1n) is 6.33. The molecule has 0 saturated carbocycles. The molecule has 14 heavy (non-hydrogen) atoms. The third-order valence-corrected chi connectivity index (χ3v) is 3.24. The van der Waals surface area contributed by atoms with E-state index in [9.17, 15) is 0 Å². The van der Waals surface area contributed by atoms with Crippen molar-refractivity contribution in [1.82, 2.24) is 10.2 Å². The third kappa shape index (κ3) is 3.97. The van der Waals surface area contributed by atoms with E-state index in [1.165, 1.54) is 58.3 Å². The Hall–Kier alpha value is -0.0800. The summed E-state index contributed by atoms with van der Waals surface area (Å²) in [7, 11) is 0. The van der Waals surface area contributed by atoms with Crippen molar-refractivity contribution in [2.75, 3.05) is 26.2 Å². The summed E-state index contributed by atoms with van der Waals surface area (Å²) in [6.07, 6.45) is 6.84. The van der Waals surface area contributed by atoms with Gasteiger partial charge in [-0.05, 0) is 38.9 Å². The second kappa shape index (κ2) is 7.24. The van der Waals surface area contributed by atoms with E-state index in [0.29, 0.717) is 0 Å². The zero-order valence-electron chi connectivity index (χ0n) is 9.89. The zero-order chi connectivity index (χ0) is 10.2. The lowest BCUT2D eigenvalue weighted by molar-refractivity contribution is 0.153. The number of nitrogens with one attached hydrogen (secondary N) is 1. The van der Waals surface area contributed by atoms with Crippen molar-refractivity contribution in [3.05, 3.63) is 0 Å². The van der Waals surface area contributed by atoms with E-state index in [1.807, 2.05) is 0 Å². The fourth-order valence-electron chi connectivity index (χ4n) is 2.28. The molecule has 1 saturated heterocycles. The number of hydrogen-bond donors (Lipinski definition) is 1. The second-order valence-electron chi connectivity index (χ2n) is 4.34. The minimum absolute atomic E-state index is 0.811. The van der Waals surface area contributed by atoms with Crippen molar-refractivity contribution in [3.63, 3.8) is 0 Å². The molecule has 0 aromatic rings. The molecule has 84 valence electrons. The molecule has 0 bridgehead atoms. The average Bonchev–Trinajstić information content (AvgIpc) is 2.25. The Morgan fingerprint density at radius 3 is 2.86 bits per heavy atom. The van der Waals surface area contributed by atoms with E-state index in [-0.39, 0.29) is 0 Å². The normalized spacial score (nSPS) is 24.0. The van der Waals surface area contributed by atoms with Crippen LogP contribution in [0.5, 0.6) is 0 Å². The molecular formula is C12H26N2. The lowest BCUT2D eigenvalue weighted by Crippen LogP contribution is -2.45. The third-order valence-electron chi connectivity index (χ3n) is 3.24. The first-order valence-corrected chi connectivity index (χ1v) is 6.33. The van der Waals surface area contributed by atoms with Gasteiger partial charge in [0, 0.05) is 12.6 Å². The van der Waals surface area contributed by atoms with E-state index >= 15 is 0 Å². The van der Waals surface area contributed by atoms with Gasteiger partial charge in [-0.15, -0.1) is 0 Å². The minimum atomic E-state index is 0.811. The van der Waals surface area contributed by atoms with Gasteiger partial charge in [0.25, 0.3) is 0 Å². The largest absolute Gasteiger partial charge is 0.315 e. The van der Waals surface area contributed by atoms with Crippen LogP contribution in [0.3, 0.4) is 0 Å². The Kier molecular flexibility index (Phi) is 6.20. The van der Waals surface area contributed by atoms with Crippen LogP contribution >= 0.6 is 0 Å². The van der Waals surface area contributed by atoms with Crippen LogP contribution in [0, 0.1) is 0 Å². The van der Waals surface area contributed by atoms with Crippen molar-refractivity contribution in [2.45, 2.75) is 52.0 Å². The fraction of sp³-hybridized carbons (Fsp3) is 1.00. The monoisotopic (exact) mass is 198 g/mol. The number of likely N-dealkylation sites (N-methyl/N-ethyl adjacent to an activating group) is 1. The van der Waals surface area contributed by atoms with Gasteiger partial charge in [-0.1, -0.05) is 26.7 Å². The number of nitrogens with zero attached hydrogens (tertiary/aromatic N) is 1. The first-order chi connectivity index (χ1) is 6.88. The standard InChI is InChI=1S/C12H26N2/c1-3-5-9-13-11-12-8-6-7-10-14(12)4-2/h12-13H,3-11H2,1-2H3/t12-/m0/s1. The lowest BCUT2D eigenvalue weighted by Gasteiger charge is -2.35. The zero-order valence-corrected chi connectivity index (χ0v) is 9.89. The molecule has 0 spiro atoms. The van der Waals surface area contributed by atoms with Gasteiger partial charge in [0.05, 0.1) is 0 Å². The molecule has 1 aliphatic heterocycles. The molecule has 1 rings (SSSR count). The van der Waals surface area contributed by atoms with Gasteiger partial charge in [-0.25, -0.2) is 0 Å². The maximum absolute atomic E-state index is 3.58. The van der Waals surface area contributed by atoms with Crippen molar-refractivity contribution < 1.29 is 0 Å². The van der Waals surface area contributed by atoms with Crippen LogP contribution in [0.25, 0.3) is 0 Å². The molecule has 0 aliphatic carbocycles. The number of rotatable bonds is 6. The smallest absolute Gasteiger partial charge is 0.0220 e. The van der Waals surface area contributed by atoms with Crippen LogP contribution in [0.1, 0.15) is 46.0 Å². The molecular weight excluding hydrogens is 172 g/mol. The van der Waals surface area contributed by atoms with Gasteiger partial charge in [-0.2, -0.15) is 0 Å². The van der Waals surface area contributed by atoms with E-state index in [0.717, 1.165) is 6.04 Å². The summed E-state index contributed by atoms with van der Waals surface area (Å²) in [5.41, 5.74) is 0. The lowest BCUT2D eigenvalue weighted by atomic mass is 10.0. The van der Waals surface area contributed by atoms with Gasteiger partial charge in [0.1, 0.15) is 0 Å². The van der Waals surface area contributed by atoms with E-state index < -0.39 is 0 Å². The molecule has 0 unspecified atom stereocenters. The summed E-state index contributed by atoms with van der Waals surface area (Å²) in [5, 5.41) is 3.58. The SMILES string of the molecule is CCCCNC[C@@H]1CCCCN1CC. The average molecular weight is 198 g/mol. The van der Waals surface area contributed by atoms with Crippen molar-refractivity contribution in [3.8, 4) is 0 Å². The predicted octanol–water partition coefficient (Wildman–Crippen LogP) is 2.25. The molecule has 1 heterocycles. The molecule has 1 atom stereocenters. The summed E-state index contributed by atoms with van der Waals surface area (Å²) in [5.74, 6) is 0. The molecule has 2 nitrogen and oxygen atoms in total. The molecule has 0 aromatic carbocycles. The maximum atomic E-state index is 3.58. The van der Waals surface area contributed by atoms with Crippen LogP contribution in [0.15, 0.2) is 0 Å². The molecule has 2 heteroatoms. The topological polar surface area (TPSA) is 15.3 Å². The Labute approximate surface area is 89.1 Å². The van der Waals surface area contributed by atoms with Crippen LogP contribution in [-0.2, 0) is 0 Å². The first kappa shape index (κ1) is 12.0. The predicted molar refractivity (Wildman–Crippen MR) is 62.7 cm³/mol. The minimum Gasteiger partial charge on any atom is -0.315 e. The summed E-state index contributed by atoms with van der Waals surface area (Å²) < 4.78 is 0. The second-order valence-corrected chi connectivity index (χ2v) is 4.34. The van der Waals surface area contributed by atoms with Gasteiger partial charge in [-0.3, -0.25) is 4.90 Å². The Morgan fingerprint density at radius 2 is 2.14 bits per heavy atom. The summed E-state index contributed by atoms with van der Waals surface area (Å²) in [4.78, 5) is 2.63. The van der Waals surface area contributed by atoms with Gasteiger partial charge in [0.15, 0.2) is 0 Å². The molecule has 1 fully saturated rings. The molecule has 1 N–H and O–H groups in total. The van der Waals surface area contributed by atoms with Gasteiger partial charge >= 0.3 is 0 Å². The number of hydrogen-bond acceptors (Lipinski definition) is 2. The maximum Gasteiger partial charge on any atom is 0.0220 e. The van der Waals surface area contributed by atoms with Crippen molar-refractivity contribution in [2.24, 2.45) is 0 Å².